The summed E-state index contributed by atoms with van der Waals surface area (Å²) in [6, 6.07) is 0.587. The first kappa shape index (κ1) is 17.9. The second kappa shape index (κ2) is 6.76. The van der Waals surface area contributed by atoms with Crippen LogP contribution in [0.3, 0.4) is 0 Å². The number of nitrogens with zero attached hydrogens (tertiary/aromatic N) is 1. The number of pyridine rings is 1. The highest BCUT2D eigenvalue weighted by Crippen LogP contribution is 2.28. The van der Waals surface area contributed by atoms with Crippen molar-refractivity contribution in [2.75, 3.05) is 0 Å². The average molecular weight is 318 g/mol. The zero-order valence-corrected chi connectivity index (χ0v) is 12.4. The number of halogens is 3. The molecule has 1 unspecified atom stereocenters. The smallest absolute Gasteiger partial charge is 0.433 e. The standard InChI is InChI=1S/C14H17F3N2O3/c1-7(2)6-10(13(21)22)19-12(20)9-4-5-11(14(15,16)17)18-8(9)3/h4-5,7,10H,6H2,1-3H3,(H,19,20)(H,21,22). The Kier molecular flexibility index (Phi) is 5.51. The fourth-order valence-electron chi connectivity index (χ4n) is 1.89. The van der Waals surface area contributed by atoms with Crippen molar-refractivity contribution < 1.29 is 27.9 Å². The van der Waals surface area contributed by atoms with Gasteiger partial charge in [-0.2, -0.15) is 13.2 Å². The Morgan fingerprint density at radius 2 is 1.91 bits per heavy atom. The average Bonchev–Trinajstić information content (AvgIpc) is 2.35. The molecule has 1 aromatic rings. The number of carbonyl (C=O) groups is 2. The number of carboxylic acids is 1. The van der Waals surface area contributed by atoms with E-state index in [-0.39, 0.29) is 23.6 Å². The monoisotopic (exact) mass is 318 g/mol. The first-order valence-electron chi connectivity index (χ1n) is 6.61. The molecule has 0 fully saturated rings. The van der Waals surface area contributed by atoms with Gasteiger partial charge in [0.25, 0.3) is 5.91 Å². The number of aromatic nitrogens is 1. The first-order chi connectivity index (χ1) is 10.0. The predicted molar refractivity (Wildman–Crippen MR) is 72.3 cm³/mol. The van der Waals surface area contributed by atoms with Crippen LogP contribution in [-0.4, -0.2) is 28.0 Å². The van der Waals surface area contributed by atoms with E-state index in [0.717, 1.165) is 6.07 Å². The Labute approximate surface area is 125 Å². The van der Waals surface area contributed by atoms with Crippen molar-refractivity contribution in [3.05, 3.63) is 29.1 Å². The Hall–Kier alpha value is -2.12. The molecular weight excluding hydrogens is 301 g/mol. The largest absolute Gasteiger partial charge is 0.480 e. The summed E-state index contributed by atoms with van der Waals surface area (Å²) in [7, 11) is 0. The van der Waals surface area contributed by atoms with Gasteiger partial charge in [0.15, 0.2) is 0 Å². The van der Waals surface area contributed by atoms with Gasteiger partial charge in [0.05, 0.1) is 11.3 Å². The quantitative estimate of drug-likeness (QED) is 0.875. The molecule has 0 aliphatic carbocycles. The van der Waals surface area contributed by atoms with Gasteiger partial charge in [-0.1, -0.05) is 13.8 Å². The third-order valence-electron chi connectivity index (χ3n) is 2.93. The summed E-state index contributed by atoms with van der Waals surface area (Å²) in [6.07, 6.45) is -4.38. The molecule has 5 nitrogen and oxygen atoms in total. The second-order valence-corrected chi connectivity index (χ2v) is 5.32. The Morgan fingerprint density at radius 1 is 1.32 bits per heavy atom. The summed E-state index contributed by atoms with van der Waals surface area (Å²) in [5.41, 5.74) is -1.29. The molecule has 0 saturated heterocycles. The number of hydrogen-bond donors (Lipinski definition) is 2. The lowest BCUT2D eigenvalue weighted by atomic mass is 10.0. The summed E-state index contributed by atoms with van der Waals surface area (Å²) in [4.78, 5) is 26.5. The molecule has 0 radical (unpaired) electrons. The van der Waals surface area contributed by atoms with E-state index >= 15 is 0 Å². The molecule has 0 aromatic carbocycles. The van der Waals surface area contributed by atoms with E-state index in [1.54, 1.807) is 13.8 Å². The van der Waals surface area contributed by atoms with Crippen LogP contribution in [0.25, 0.3) is 0 Å². The van der Waals surface area contributed by atoms with E-state index in [9.17, 15) is 22.8 Å². The Bertz CT molecular complexity index is 571. The van der Waals surface area contributed by atoms with Gasteiger partial charge in [-0.3, -0.25) is 4.79 Å². The molecule has 122 valence electrons. The zero-order valence-electron chi connectivity index (χ0n) is 12.4. The minimum absolute atomic E-state index is 0.0354. The van der Waals surface area contributed by atoms with Gasteiger partial charge in [0.1, 0.15) is 11.7 Å². The van der Waals surface area contributed by atoms with Crippen LogP contribution in [0.4, 0.5) is 13.2 Å². The van der Waals surface area contributed by atoms with E-state index in [2.05, 4.69) is 10.3 Å². The number of aryl methyl sites for hydroxylation is 1. The summed E-state index contributed by atoms with van der Waals surface area (Å²) >= 11 is 0. The number of carbonyl (C=O) groups excluding carboxylic acids is 1. The zero-order chi connectivity index (χ0) is 17.1. The maximum absolute atomic E-state index is 12.5. The van der Waals surface area contributed by atoms with Gasteiger partial charge in [-0.25, -0.2) is 9.78 Å². The van der Waals surface area contributed by atoms with Gasteiger partial charge in [0, 0.05) is 0 Å². The SMILES string of the molecule is Cc1nc(C(F)(F)F)ccc1C(=O)NC(CC(C)C)C(=O)O. The topological polar surface area (TPSA) is 79.3 Å². The van der Waals surface area contributed by atoms with Crippen LogP contribution in [0.15, 0.2) is 12.1 Å². The minimum atomic E-state index is -4.60. The summed E-state index contributed by atoms with van der Waals surface area (Å²) < 4.78 is 37.6. The Balaban J connectivity index is 2.96. The molecule has 0 aliphatic heterocycles. The van der Waals surface area contributed by atoms with Crippen LogP contribution >= 0.6 is 0 Å². The molecule has 1 rings (SSSR count). The molecule has 0 aliphatic rings. The summed E-state index contributed by atoms with van der Waals surface area (Å²) in [5, 5.41) is 11.4. The van der Waals surface area contributed by atoms with Crippen LogP contribution in [0.2, 0.25) is 0 Å². The summed E-state index contributed by atoms with van der Waals surface area (Å²) in [6.45, 7) is 4.86. The molecule has 1 amide bonds. The summed E-state index contributed by atoms with van der Waals surface area (Å²) in [5.74, 6) is -1.92. The lowest BCUT2D eigenvalue weighted by molar-refractivity contribution is -0.141. The molecule has 2 N–H and O–H groups in total. The molecule has 1 atom stereocenters. The molecule has 22 heavy (non-hydrogen) atoms. The number of hydrogen-bond acceptors (Lipinski definition) is 3. The molecular formula is C14H17F3N2O3. The highest BCUT2D eigenvalue weighted by Gasteiger charge is 2.33. The Morgan fingerprint density at radius 3 is 2.32 bits per heavy atom. The maximum atomic E-state index is 12.5. The number of carboxylic acid groups (broad SMARTS) is 1. The number of nitrogens with one attached hydrogen (secondary N) is 1. The van der Waals surface area contributed by atoms with Gasteiger partial charge in [-0.05, 0) is 31.4 Å². The molecule has 8 heteroatoms. The van der Waals surface area contributed by atoms with E-state index < -0.39 is 29.8 Å². The van der Waals surface area contributed by atoms with Gasteiger partial charge >= 0.3 is 12.1 Å². The van der Waals surface area contributed by atoms with Crippen LogP contribution in [0, 0.1) is 12.8 Å². The fourth-order valence-corrected chi connectivity index (χ4v) is 1.89. The minimum Gasteiger partial charge on any atom is -0.480 e. The number of aliphatic carboxylic acids is 1. The van der Waals surface area contributed by atoms with Gasteiger partial charge in [-0.15, -0.1) is 0 Å². The van der Waals surface area contributed by atoms with Crippen LogP contribution in [0.1, 0.15) is 42.0 Å². The predicted octanol–water partition coefficient (Wildman–Crippen LogP) is 2.64. The van der Waals surface area contributed by atoms with Gasteiger partial charge in [0.2, 0.25) is 0 Å². The highest BCUT2D eigenvalue weighted by atomic mass is 19.4. The van der Waals surface area contributed by atoms with Crippen LogP contribution in [0.5, 0.6) is 0 Å². The second-order valence-electron chi connectivity index (χ2n) is 5.32. The third-order valence-corrected chi connectivity index (χ3v) is 2.93. The molecule has 0 saturated carbocycles. The molecule has 0 bridgehead atoms. The van der Waals surface area contributed by atoms with E-state index in [1.165, 1.54) is 6.92 Å². The fraction of sp³-hybridized carbons (Fsp3) is 0.500. The molecule has 1 aromatic heterocycles. The first-order valence-corrected chi connectivity index (χ1v) is 6.61. The lowest BCUT2D eigenvalue weighted by Gasteiger charge is -2.17. The lowest BCUT2D eigenvalue weighted by Crippen LogP contribution is -2.42. The number of alkyl halides is 3. The number of amides is 1. The van der Waals surface area contributed by atoms with E-state index in [0.29, 0.717) is 6.07 Å². The van der Waals surface area contributed by atoms with E-state index in [4.69, 9.17) is 5.11 Å². The normalized spacial score (nSPS) is 13.0. The van der Waals surface area contributed by atoms with Crippen molar-refractivity contribution in [2.45, 2.75) is 39.4 Å². The molecule has 1 heterocycles. The highest BCUT2D eigenvalue weighted by molar-refractivity contribution is 5.97. The van der Waals surface area contributed by atoms with Crippen molar-refractivity contribution >= 4 is 11.9 Å². The van der Waals surface area contributed by atoms with Crippen molar-refractivity contribution in [1.29, 1.82) is 0 Å². The number of rotatable bonds is 5. The van der Waals surface area contributed by atoms with Crippen molar-refractivity contribution in [2.24, 2.45) is 5.92 Å². The van der Waals surface area contributed by atoms with Crippen molar-refractivity contribution in [3.8, 4) is 0 Å². The van der Waals surface area contributed by atoms with Crippen molar-refractivity contribution in [3.63, 3.8) is 0 Å². The van der Waals surface area contributed by atoms with Crippen molar-refractivity contribution in [1.82, 2.24) is 10.3 Å². The van der Waals surface area contributed by atoms with Crippen LogP contribution in [-0.2, 0) is 11.0 Å². The third kappa shape index (κ3) is 4.71. The van der Waals surface area contributed by atoms with E-state index in [1.807, 2.05) is 0 Å². The van der Waals surface area contributed by atoms with Gasteiger partial charge < -0.3 is 10.4 Å². The van der Waals surface area contributed by atoms with Crippen LogP contribution < -0.4 is 5.32 Å². The molecule has 0 spiro atoms. The maximum Gasteiger partial charge on any atom is 0.433 e.